The topological polar surface area (TPSA) is 35.0 Å². The van der Waals surface area contributed by atoms with Gasteiger partial charge in [-0.1, -0.05) is 6.07 Å². The van der Waals surface area contributed by atoms with Gasteiger partial charge in [0.05, 0.1) is 23.0 Å². The van der Waals surface area contributed by atoms with Crippen molar-refractivity contribution in [1.29, 1.82) is 0 Å². The third kappa shape index (κ3) is 1.87. The van der Waals surface area contributed by atoms with E-state index in [0.29, 0.717) is 0 Å². The van der Waals surface area contributed by atoms with Crippen LogP contribution >= 0.6 is 11.3 Å². The predicted molar refractivity (Wildman–Crippen MR) is 69.4 cm³/mol. The molecule has 17 heavy (non-hydrogen) atoms. The Morgan fingerprint density at radius 2 is 2.12 bits per heavy atom. The zero-order valence-corrected chi connectivity index (χ0v) is 10.1. The monoisotopic (exact) mass is 242 g/mol. The fourth-order valence-electron chi connectivity index (χ4n) is 1.63. The smallest absolute Gasteiger partial charge is 0.143 e. The molecule has 3 aromatic rings. The van der Waals surface area contributed by atoms with Crippen molar-refractivity contribution in [2.75, 3.05) is 7.11 Å². The average Bonchev–Trinajstić information content (AvgIpc) is 2.82. The molecule has 3 rings (SSSR count). The van der Waals surface area contributed by atoms with Crippen molar-refractivity contribution in [2.24, 2.45) is 0 Å². The minimum absolute atomic E-state index is 0.829. The van der Waals surface area contributed by atoms with E-state index >= 15 is 0 Å². The summed E-state index contributed by atoms with van der Waals surface area (Å²) >= 11 is 1.64. The Balaban J connectivity index is 2.14. The van der Waals surface area contributed by atoms with E-state index < -0.39 is 0 Å². The number of hydrogen-bond acceptors (Lipinski definition) is 4. The number of fused-ring (bicyclic) bond motifs is 1. The van der Waals surface area contributed by atoms with E-state index in [-0.39, 0.29) is 0 Å². The van der Waals surface area contributed by atoms with Crippen molar-refractivity contribution in [3.63, 3.8) is 0 Å². The van der Waals surface area contributed by atoms with Crippen molar-refractivity contribution < 1.29 is 4.74 Å². The van der Waals surface area contributed by atoms with Gasteiger partial charge in [0.1, 0.15) is 10.8 Å². The molecule has 0 bridgehead atoms. The van der Waals surface area contributed by atoms with Gasteiger partial charge in [-0.15, -0.1) is 11.3 Å². The lowest BCUT2D eigenvalue weighted by atomic mass is 10.3. The average molecular weight is 242 g/mol. The molecule has 3 nitrogen and oxygen atoms in total. The summed E-state index contributed by atoms with van der Waals surface area (Å²) in [5, 5.41) is 0.939. The minimum atomic E-state index is 0.829. The molecule has 0 aliphatic heterocycles. The van der Waals surface area contributed by atoms with Crippen LogP contribution in [0.3, 0.4) is 0 Å². The van der Waals surface area contributed by atoms with Crippen molar-refractivity contribution in [3.05, 3.63) is 42.6 Å². The van der Waals surface area contributed by atoms with E-state index in [1.165, 1.54) is 0 Å². The molecule has 4 heteroatoms. The summed E-state index contributed by atoms with van der Waals surface area (Å²) < 4.78 is 6.33. The number of pyridine rings is 1. The van der Waals surface area contributed by atoms with Gasteiger partial charge in [0.25, 0.3) is 0 Å². The molecular weight excluding hydrogens is 232 g/mol. The molecule has 0 amide bonds. The van der Waals surface area contributed by atoms with Gasteiger partial charge in [-0.25, -0.2) is 4.98 Å². The van der Waals surface area contributed by atoms with Crippen LogP contribution < -0.4 is 4.74 Å². The lowest BCUT2D eigenvalue weighted by molar-refractivity contribution is 0.415. The summed E-state index contributed by atoms with van der Waals surface area (Å²) in [5.41, 5.74) is 1.86. The Kier molecular flexibility index (Phi) is 2.49. The molecular formula is C13H10N2OS. The maximum atomic E-state index is 5.19. The van der Waals surface area contributed by atoms with E-state index in [9.17, 15) is 0 Å². The molecule has 84 valence electrons. The molecule has 2 heterocycles. The highest BCUT2D eigenvalue weighted by atomic mass is 32.1. The van der Waals surface area contributed by atoms with Crippen molar-refractivity contribution >= 4 is 21.6 Å². The SMILES string of the molecule is COc1ccc2sc(-c3ccccn3)nc2c1. The number of thiazole rings is 1. The number of rotatable bonds is 2. The highest BCUT2D eigenvalue weighted by molar-refractivity contribution is 7.21. The Labute approximate surface area is 103 Å². The number of ether oxygens (including phenoxy) is 1. The van der Waals surface area contributed by atoms with Crippen LogP contribution in [0.15, 0.2) is 42.6 Å². The summed E-state index contributed by atoms with van der Waals surface area (Å²) in [4.78, 5) is 8.87. The second kappa shape index (κ2) is 4.14. The van der Waals surface area contributed by atoms with E-state index in [4.69, 9.17) is 4.74 Å². The molecule has 0 N–H and O–H groups in total. The molecule has 0 aliphatic carbocycles. The van der Waals surface area contributed by atoms with Gasteiger partial charge in [0.15, 0.2) is 0 Å². The Hall–Kier alpha value is -1.94. The largest absolute Gasteiger partial charge is 0.497 e. The summed E-state index contributed by atoms with van der Waals surface area (Å²) in [5.74, 6) is 0.829. The van der Waals surface area contributed by atoms with Gasteiger partial charge in [0.2, 0.25) is 0 Å². The number of methoxy groups -OCH3 is 1. The first-order valence-corrected chi connectivity index (χ1v) is 6.04. The van der Waals surface area contributed by atoms with Gasteiger partial charge >= 0.3 is 0 Å². The third-order valence-corrected chi connectivity index (χ3v) is 3.54. The Bertz CT molecular complexity index is 649. The molecule has 0 unspecified atom stereocenters. The molecule has 0 spiro atoms. The number of hydrogen-bond donors (Lipinski definition) is 0. The zero-order chi connectivity index (χ0) is 11.7. The lowest BCUT2D eigenvalue weighted by Gasteiger charge is -1.96. The predicted octanol–water partition coefficient (Wildman–Crippen LogP) is 3.37. The van der Waals surface area contributed by atoms with Gasteiger partial charge < -0.3 is 4.74 Å². The standard InChI is InChI=1S/C13H10N2OS/c1-16-9-5-6-12-11(8-9)15-13(17-12)10-4-2-3-7-14-10/h2-8H,1H3. The van der Waals surface area contributed by atoms with Gasteiger partial charge in [0, 0.05) is 12.3 Å². The fraction of sp³-hybridized carbons (Fsp3) is 0.0769. The summed E-state index contributed by atoms with van der Waals surface area (Å²) in [6, 6.07) is 11.8. The second-order valence-corrected chi connectivity index (χ2v) is 4.60. The van der Waals surface area contributed by atoms with Gasteiger partial charge in [-0.05, 0) is 24.3 Å². The highest BCUT2D eigenvalue weighted by Gasteiger charge is 2.07. The first kappa shape index (κ1) is 10.2. The van der Waals surface area contributed by atoms with Gasteiger partial charge in [-0.3, -0.25) is 4.98 Å². The molecule has 1 aromatic carbocycles. The van der Waals surface area contributed by atoms with Crippen LogP contribution in [0, 0.1) is 0 Å². The quantitative estimate of drug-likeness (QED) is 0.691. The van der Waals surface area contributed by atoms with E-state index in [1.807, 2.05) is 36.4 Å². The number of aromatic nitrogens is 2. The van der Waals surface area contributed by atoms with Crippen LogP contribution in [0.5, 0.6) is 5.75 Å². The minimum Gasteiger partial charge on any atom is -0.497 e. The van der Waals surface area contributed by atoms with Gasteiger partial charge in [-0.2, -0.15) is 0 Å². The Morgan fingerprint density at radius 1 is 1.18 bits per heavy atom. The molecule has 0 atom stereocenters. The maximum absolute atomic E-state index is 5.19. The summed E-state index contributed by atoms with van der Waals surface area (Å²) in [6.07, 6.45) is 1.78. The van der Waals surface area contributed by atoms with Crippen LogP contribution in [0.25, 0.3) is 20.9 Å². The van der Waals surface area contributed by atoms with Crippen molar-refractivity contribution in [2.45, 2.75) is 0 Å². The Morgan fingerprint density at radius 3 is 2.88 bits per heavy atom. The number of nitrogens with zero attached hydrogens (tertiary/aromatic N) is 2. The molecule has 0 radical (unpaired) electrons. The summed E-state index contributed by atoms with van der Waals surface area (Å²) in [6.45, 7) is 0. The number of benzene rings is 1. The molecule has 0 aliphatic rings. The normalized spacial score (nSPS) is 10.6. The van der Waals surface area contributed by atoms with Crippen molar-refractivity contribution in [3.8, 4) is 16.5 Å². The van der Waals surface area contributed by atoms with E-state index in [0.717, 1.165) is 26.7 Å². The first-order valence-electron chi connectivity index (χ1n) is 5.23. The zero-order valence-electron chi connectivity index (χ0n) is 9.25. The third-order valence-electron chi connectivity index (χ3n) is 2.48. The van der Waals surface area contributed by atoms with Crippen LogP contribution in [-0.2, 0) is 0 Å². The maximum Gasteiger partial charge on any atom is 0.143 e. The fourth-order valence-corrected chi connectivity index (χ4v) is 2.56. The molecule has 0 saturated carbocycles. The van der Waals surface area contributed by atoms with Crippen molar-refractivity contribution in [1.82, 2.24) is 9.97 Å². The van der Waals surface area contributed by atoms with Crippen LogP contribution in [-0.4, -0.2) is 17.1 Å². The summed E-state index contributed by atoms with van der Waals surface area (Å²) in [7, 11) is 1.66. The molecule has 0 saturated heterocycles. The van der Waals surface area contributed by atoms with Crippen LogP contribution in [0.1, 0.15) is 0 Å². The van der Waals surface area contributed by atoms with Crippen LogP contribution in [0.4, 0.5) is 0 Å². The molecule has 0 fully saturated rings. The lowest BCUT2D eigenvalue weighted by Crippen LogP contribution is -1.81. The first-order chi connectivity index (χ1) is 8.36. The second-order valence-electron chi connectivity index (χ2n) is 3.57. The van der Waals surface area contributed by atoms with E-state index in [1.54, 1.807) is 24.6 Å². The van der Waals surface area contributed by atoms with Crippen LogP contribution in [0.2, 0.25) is 0 Å². The molecule has 2 aromatic heterocycles. The highest BCUT2D eigenvalue weighted by Crippen LogP contribution is 2.30. The van der Waals surface area contributed by atoms with E-state index in [2.05, 4.69) is 9.97 Å².